The standard InChI is InChI=1S/C26H26N2O6S/c1-4-32-21-14-19(10-11-20(21)34-17(3)29)24-23(25(31)33-15-18-8-6-5-7-9-18)16(2)27-26-28(24)22(30)12-13-35-26/h5-11,14,24H,4,12-13,15H2,1-3H3/t24-/m0/s1. The lowest BCUT2D eigenvalue weighted by Crippen LogP contribution is -2.45. The Kier molecular flexibility index (Phi) is 7.55. The fourth-order valence-electron chi connectivity index (χ4n) is 3.98. The number of rotatable bonds is 7. The van der Waals surface area contributed by atoms with Gasteiger partial charge >= 0.3 is 11.9 Å². The van der Waals surface area contributed by atoms with Crippen LogP contribution in [-0.2, 0) is 25.7 Å². The molecule has 0 spiro atoms. The third kappa shape index (κ3) is 5.40. The van der Waals surface area contributed by atoms with Crippen molar-refractivity contribution in [2.45, 2.75) is 39.8 Å². The summed E-state index contributed by atoms with van der Waals surface area (Å²) >= 11 is 1.47. The molecule has 9 heteroatoms. The Labute approximate surface area is 207 Å². The van der Waals surface area contributed by atoms with E-state index in [0.29, 0.717) is 41.0 Å². The topological polar surface area (TPSA) is 94.5 Å². The molecule has 8 nitrogen and oxygen atoms in total. The maximum Gasteiger partial charge on any atom is 0.338 e. The Balaban J connectivity index is 1.75. The Morgan fingerprint density at radius 2 is 1.91 bits per heavy atom. The number of nitrogens with zero attached hydrogens (tertiary/aromatic N) is 2. The van der Waals surface area contributed by atoms with Crippen molar-refractivity contribution in [2.24, 2.45) is 4.99 Å². The number of allylic oxidation sites excluding steroid dienone is 1. The van der Waals surface area contributed by atoms with Gasteiger partial charge in [0.25, 0.3) is 0 Å². The predicted octanol–water partition coefficient (Wildman–Crippen LogP) is 4.40. The number of esters is 2. The minimum absolute atomic E-state index is 0.0953. The van der Waals surface area contributed by atoms with Gasteiger partial charge in [0.2, 0.25) is 5.91 Å². The molecular weight excluding hydrogens is 468 g/mol. The molecule has 0 N–H and O–H groups in total. The van der Waals surface area contributed by atoms with Crippen molar-refractivity contribution in [3.8, 4) is 11.5 Å². The van der Waals surface area contributed by atoms with Crippen LogP contribution in [0.3, 0.4) is 0 Å². The quantitative estimate of drug-likeness (QED) is 0.416. The summed E-state index contributed by atoms with van der Waals surface area (Å²) in [5, 5.41) is 0.547. The Bertz CT molecular complexity index is 1210. The fourth-order valence-corrected chi connectivity index (χ4v) is 4.98. The summed E-state index contributed by atoms with van der Waals surface area (Å²) in [6.07, 6.45) is 0.329. The summed E-state index contributed by atoms with van der Waals surface area (Å²) in [4.78, 5) is 44.1. The van der Waals surface area contributed by atoms with Gasteiger partial charge in [0.15, 0.2) is 16.7 Å². The maximum atomic E-state index is 13.4. The van der Waals surface area contributed by atoms with Gasteiger partial charge in [0, 0.05) is 19.1 Å². The van der Waals surface area contributed by atoms with Gasteiger partial charge in [0.1, 0.15) is 6.61 Å². The van der Waals surface area contributed by atoms with E-state index in [0.717, 1.165) is 5.56 Å². The van der Waals surface area contributed by atoms with Gasteiger partial charge in [-0.3, -0.25) is 14.5 Å². The molecule has 0 bridgehead atoms. The average Bonchev–Trinajstić information content (AvgIpc) is 2.83. The molecule has 2 aliphatic rings. The molecule has 0 saturated carbocycles. The minimum Gasteiger partial charge on any atom is -0.490 e. The SMILES string of the molecule is CCOc1cc([C@H]2C(C(=O)OCc3ccccc3)=C(C)N=C3SCCC(=O)N32)ccc1OC(C)=O. The van der Waals surface area contributed by atoms with Gasteiger partial charge in [-0.2, -0.15) is 0 Å². The van der Waals surface area contributed by atoms with Crippen LogP contribution in [0.2, 0.25) is 0 Å². The molecule has 0 aromatic heterocycles. The second kappa shape index (κ2) is 10.8. The lowest BCUT2D eigenvalue weighted by molar-refractivity contribution is -0.141. The summed E-state index contributed by atoms with van der Waals surface area (Å²) in [7, 11) is 0. The normalized spacial score (nSPS) is 17.5. The molecule has 1 fully saturated rings. The van der Waals surface area contributed by atoms with Crippen molar-refractivity contribution >= 4 is 34.8 Å². The summed E-state index contributed by atoms with van der Waals surface area (Å²) in [5.74, 6) is 0.0729. The summed E-state index contributed by atoms with van der Waals surface area (Å²) < 4.78 is 16.6. The number of benzene rings is 2. The predicted molar refractivity (Wildman–Crippen MR) is 132 cm³/mol. The zero-order valence-electron chi connectivity index (χ0n) is 19.8. The van der Waals surface area contributed by atoms with Crippen LogP contribution in [-0.4, -0.2) is 40.3 Å². The van der Waals surface area contributed by atoms with Gasteiger partial charge in [-0.1, -0.05) is 48.2 Å². The fraction of sp³-hybridized carbons (Fsp3) is 0.308. The molecule has 182 valence electrons. The van der Waals surface area contributed by atoms with E-state index in [-0.39, 0.29) is 23.8 Å². The van der Waals surface area contributed by atoms with Crippen molar-refractivity contribution in [1.29, 1.82) is 0 Å². The number of carbonyl (C=O) groups excluding carboxylic acids is 3. The Hall–Kier alpha value is -3.59. The molecule has 2 aliphatic heterocycles. The van der Waals surface area contributed by atoms with E-state index < -0.39 is 18.0 Å². The van der Waals surface area contributed by atoms with Gasteiger partial charge in [0.05, 0.1) is 23.9 Å². The zero-order valence-corrected chi connectivity index (χ0v) is 20.6. The van der Waals surface area contributed by atoms with Gasteiger partial charge < -0.3 is 14.2 Å². The highest BCUT2D eigenvalue weighted by atomic mass is 32.2. The van der Waals surface area contributed by atoms with E-state index in [4.69, 9.17) is 14.2 Å². The molecule has 0 aliphatic carbocycles. The molecule has 0 radical (unpaired) electrons. The number of amidine groups is 1. The number of aliphatic imine (C=N–C) groups is 1. The highest BCUT2D eigenvalue weighted by Crippen LogP contribution is 2.42. The van der Waals surface area contributed by atoms with E-state index >= 15 is 0 Å². The van der Waals surface area contributed by atoms with E-state index in [1.807, 2.05) is 37.3 Å². The van der Waals surface area contributed by atoms with Crippen molar-refractivity contribution in [3.63, 3.8) is 0 Å². The molecule has 2 aromatic carbocycles. The van der Waals surface area contributed by atoms with Crippen molar-refractivity contribution in [3.05, 3.63) is 70.9 Å². The van der Waals surface area contributed by atoms with Crippen LogP contribution in [0.1, 0.15) is 44.4 Å². The van der Waals surface area contributed by atoms with E-state index in [1.165, 1.54) is 18.7 Å². The molecular formula is C26H26N2O6S. The van der Waals surface area contributed by atoms with E-state index in [9.17, 15) is 14.4 Å². The van der Waals surface area contributed by atoms with Crippen LogP contribution < -0.4 is 9.47 Å². The zero-order chi connectivity index (χ0) is 24.9. The summed E-state index contributed by atoms with van der Waals surface area (Å²) in [6, 6.07) is 13.6. The lowest BCUT2D eigenvalue weighted by atomic mass is 9.93. The molecule has 0 unspecified atom stereocenters. The number of ether oxygens (including phenoxy) is 3. The van der Waals surface area contributed by atoms with Crippen LogP contribution in [0.15, 0.2) is 64.8 Å². The molecule has 35 heavy (non-hydrogen) atoms. The second-order valence-electron chi connectivity index (χ2n) is 7.95. The second-order valence-corrected chi connectivity index (χ2v) is 9.01. The van der Waals surface area contributed by atoms with Gasteiger partial charge in [-0.25, -0.2) is 9.79 Å². The molecule has 4 rings (SSSR count). The first-order chi connectivity index (χ1) is 16.9. The summed E-state index contributed by atoms with van der Waals surface area (Å²) in [6.45, 7) is 5.31. The van der Waals surface area contributed by atoms with Crippen molar-refractivity contribution in [1.82, 2.24) is 4.90 Å². The third-order valence-electron chi connectivity index (χ3n) is 5.48. The lowest BCUT2D eigenvalue weighted by Gasteiger charge is -2.39. The van der Waals surface area contributed by atoms with Crippen molar-refractivity contribution in [2.75, 3.05) is 12.4 Å². The first-order valence-electron chi connectivity index (χ1n) is 11.3. The van der Waals surface area contributed by atoms with E-state index in [1.54, 1.807) is 30.0 Å². The molecule has 2 heterocycles. The maximum absolute atomic E-state index is 13.4. The Morgan fingerprint density at radius 3 is 2.63 bits per heavy atom. The monoisotopic (exact) mass is 494 g/mol. The van der Waals surface area contributed by atoms with Gasteiger partial charge in [-0.15, -0.1) is 0 Å². The minimum atomic E-state index is -0.753. The number of hydrogen-bond acceptors (Lipinski definition) is 8. The molecule has 1 amide bonds. The van der Waals surface area contributed by atoms with Gasteiger partial charge in [-0.05, 0) is 37.1 Å². The van der Waals surface area contributed by atoms with Crippen LogP contribution >= 0.6 is 11.8 Å². The number of amides is 1. The smallest absolute Gasteiger partial charge is 0.338 e. The van der Waals surface area contributed by atoms with E-state index in [2.05, 4.69) is 4.99 Å². The summed E-state index contributed by atoms with van der Waals surface area (Å²) in [5.41, 5.74) is 2.25. The number of fused-ring (bicyclic) bond motifs is 1. The van der Waals surface area contributed by atoms with Crippen molar-refractivity contribution < 1.29 is 28.6 Å². The third-order valence-corrected chi connectivity index (χ3v) is 6.43. The molecule has 1 atom stereocenters. The van der Waals surface area contributed by atoms with Crippen LogP contribution in [0.5, 0.6) is 11.5 Å². The number of hydrogen-bond donors (Lipinski definition) is 0. The van der Waals surface area contributed by atoms with Crippen LogP contribution in [0, 0.1) is 0 Å². The van der Waals surface area contributed by atoms with Crippen LogP contribution in [0.4, 0.5) is 0 Å². The Morgan fingerprint density at radius 1 is 1.14 bits per heavy atom. The average molecular weight is 495 g/mol. The molecule has 1 saturated heterocycles. The molecule has 2 aromatic rings. The largest absolute Gasteiger partial charge is 0.490 e. The highest BCUT2D eigenvalue weighted by Gasteiger charge is 2.42. The van der Waals surface area contributed by atoms with Crippen LogP contribution in [0.25, 0.3) is 0 Å². The number of carbonyl (C=O) groups is 3. The number of thioether (sulfide) groups is 1. The first kappa shape index (κ1) is 24.5. The first-order valence-corrected chi connectivity index (χ1v) is 12.3. The highest BCUT2D eigenvalue weighted by molar-refractivity contribution is 8.14.